The van der Waals surface area contributed by atoms with Crippen LogP contribution in [-0.2, 0) is 19.4 Å². The lowest BCUT2D eigenvalue weighted by atomic mass is 10.1. The minimum atomic E-state index is -3.28. The van der Waals surface area contributed by atoms with Crippen LogP contribution in [0.1, 0.15) is 50.2 Å². The first-order valence-corrected chi connectivity index (χ1v) is 13.1. The number of ether oxygens (including phenoxy) is 1. The lowest BCUT2D eigenvalue weighted by Crippen LogP contribution is -2.26. The van der Waals surface area contributed by atoms with E-state index in [0.29, 0.717) is 28.4 Å². The molecule has 1 unspecified atom stereocenters. The molecule has 0 spiro atoms. The van der Waals surface area contributed by atoms with Crippen LogP contribution in [-0.4, -0.2) is 40.4 Å². The van der Waals surface area contributed by atoms with Gasteiger partial charge in [0.25, 0.3) is 5.91 Å². The van der Waals surface area contributed by atoms with Crippen molar-refractivity contribution < 1.29 is 17.9 Å². The number of hydrogen-bond donors (Lipinski definition) is 1. The number of anilines is 1. The van der Waals surface area contributed by atoms with E-state index in [0.717, 1.165) is 30.7 Å². The van der Waals surface area contributed by atoms with Crippen molar-refractivity contribution in [3.63, 3.8) is 0 Å². The quantitative estimate of drug-likeness (QED) is 0.533. The summed E-state index contributed by atoms with van der Waals surface area (Å²) in [6.07, 6.45) is 9.73. The van der Waals surface area contributed by atoms with Gasteiger partial charge in [0.1, 0.15) is 5.00 Å². The van der Waals surface area contributed by atoms with Gasteiger partial charge in [-0.15, -0.1) is 0 Å². The van der Waals surface area contributed by atoms with Crippen molar-refractivity contribution in [3.05, 3.63) is 54.5 Å². The Kier molecular flexibility index (Phi) is 5.83. The van der Waals surface area contributed by atoms with E-state index in [9.17, 15) is 13.2 Å². The van der Waals surface area contributed by atoms with Crippen molar-refractivity contribution in [2.24, 2.45) is 0 Å². The molecule has 2 fully saturated rings. The van der Waals surface area contributed by atoms with Crippen LogP contribution < -0.4 is 5.32 Å². The molecule has 0 aliphatic heterocycles. The van der Waals surface area contributed by atoms with Gasteiger partial charge in [-0.3, -0.25) is 10.1 Å². The summed E-state index contributed by atoms with van der Waals surface area (Å²) >= 11 is 1.31. The summed E-state index contributed by atoms with van der Waals surface area (Å²) in [7, 11) is -3.28. The Labute approximate surface area is 190 Å². The highest BCUT2D eigenvalue weighted by Crippen LogP contribution is 2.35. The zero-order valence-electron chi connectivity index (χ0n) is 17.4. The largest absolute Gasteiger partial charge is 0.360 e. The molecule has 0 saturated heterocycles. The van der Waals surface area contributed by atoms with Crippen LogP contribution in [0.3, 0.4) is 0 Å². The smallest absolute Gasteiger partial charge is 0.259 e. The second kappa shape index (κ2) is 8.76. The van der Waals surface area contributed by atoms with Gasteiger partial charge in [-0.25, -0.2) is 18.1 Å². The van der Waals surface area contributed by atoms with Gasteiger partial charge in [-0.1, -0.05) is 36.3 Å². The van der Waals surface area contributed by atoms with E-state index in [1.807, 2.05) is 12.3 Å². The standard InChI is InChI=1S/C22H24N4O4S2/c27-21(25-22-23-14-19(31-22)26-13-3-12-24-26)20(30-16-4-1-2-5-16)15-6-8-17(9-7-15)32(28,29)18-10-11-18/h3,6-9,12-14,16,18,20H,1-2,4-5,10-11H2,(H,23,25,27). The third kappa shape index (κ3) is 4.48. The van der Waals surface area contributed by atoms with Crippen LogP contribution in [0.25, 0.3) is 5.00 Å². The summed E-state index contributed by atoms with van der Waals surface area (Å²) in [5, 5.41) is 8.00. The van der Waals surface area contributed by atoms with E-state index in [-0.39, 0.29) is 17.3 Å². The highest BCUT2D eigenvalue weighted by Gasteiger charge is 2.37. The molecule has 2 aliphatic rings. The van der Waals surface area contributed by atoms with Crippen LogP contribution in [0.5, 0.6) is 0 Å². The molecular formula is C22H24N4O4S2. The second-order valence-electron chi connectivity index (χ2n) is 8.18. The number of nitrogens with one attached hydrogen (secondary N) is 1. The predicted octanol–water partition coefficient (Wildman–Crippen LogP) is 3.90. The molecule has 0 bridgehead atoms. The average Bonchev–Trinajstić information content (AvgIpc) is 3.18. The van der Waals surface area contributed by atoms with E-state index in [1.165, 1.54) is 11.3 Å². The summed E-state index contributed by atoms with van der Waals surface area (Å²) in [6, 6.07) is 8.36. The molecule has 2 heterocycles. The Bertz CT molecular complexity index is 1180. The van der Waals surface area contributed by atoms with Crippen molar-refractivity contribution >= 4 is 32.2 Å². The molecule has 32 heavy (non-hydrogen) atoms. The molecule has 5 rings (SSSR count). The first kappa shape index (κ1) is 21.3. The Balaban J connectivity index is 1.36. The number of carbonyl (C=O) groups excluding carboxylic acids is 1. The van der Waals surface area contributed by atoms with Gasteiger partial charge in [0.15, 0.2) is 21.1 Å². The molecule has 168 valence electrons. The lowest BCUT2D eigenvalue weighted by molar-refractivity contribution is -0.131. The van der Waals surface area contributed by atoms with Gasteiger partial charge in [-0.05, 0) is 49.4 Å². The Morgan fingerprint density at radius 2 is 1.91 bits per heavy atom. The fraction of sp³-hybridized carbons (Fsp3) is 0.409. The number of nitrogens with zero attached hydrogens (tertiary/aromatic N) is 3. The molecular weight excluding hydrogens is 448 g/mol. The van der Waals surface area contributed by atoms with Gasteiger partial charge < -0.3 is 4.74 Å². The number of benzene rings is 1. The van der Waals surface area contributed by atoms with Crippen molar-refractivity contribution in [1.29, 1.82) is 0 Å². The number of thiazole rings is 1. The first-order valence-electron chi connectivity index (χ1n) is 10.8. The maximum atomic E-state index is 13.2. The molecule has 10 heteroatoms. The third-order valence-corrected chi connectivity index (χ3v) is 8.98. The van der Waals surface area contributed by atoms with Crippen LogP contribution in [0.4, 0.5) is 5.13 Å². The maximum absolute atomic E-state index is 13.2. The average molecular weight is 473 g/mol. The van der Waals surface area contributed by atoms with Crippen molar-refractivity contribution in [3.8, 4) is 5.00 Å². The first-order chi connectivity index (χ1) is 15.5. The number of hydrogen-bond acceptors (Lipinski definition) is 7. The van der Waals surface area contributed by atoms with Crippen molar-refractivity contribution in [2.75, 3.05) is 5.32 Å². The van der Waals surface area contributed by atoms with Crippen LogP contribution in [0.2, 0.25) is 0 Å². The Morgan fingerprint density at radius 3 is 2.56 bits per heavy atom. The fourth-order valence-corrected chi connectivity index (χ4v) is 6.33. The van der Waals surface area contributed by atoms with E-state index >= 15 is 0 Å². The number of aromatic nitrogens is 3. The Morgan fingerprint density at radius 1 is 1.16 bits per heavy atom. The van der Waals surface area contributed by atoms with Crippen molar-refractivity contribution in [2.45, 2.75) is 60.9 Å². The SMILES string of the molecule is O=C(Nc1ncc(-n2cccn2)s1)C(OC1CCCC1)c1ccc(S(=O)(=O)C2CC2)cc1. The lowest BCUT2D eigenvalue weighted by Gasteiger charge is -2.21. The Hall–Kier alpha value is -2.56. The second-order valence-corrected chi connectivity index (χ2v) is 11.4. The number of sulfone groups is 1. The van der Waals surface area contributed by atoms with Gasteiger partial charge >= 0.3 is 0 Å². The molecule has 8 nitrogen and oxygen atoms in total. The number of carbonyl (C=O) groups is 1. The maximum Gasteiger partial charge on any atom is 0.259 e. The monoisotopic (exact) mass is 472 g/mol. The summed E-state index contributed by atoms with van der Waals surface area (Å²) in [4.78, 5) is 17.8. The molecule has 2 aromatic heterocycles. The van der Waals surface area contributed by atoms with Gasteiger partial charge in [0, 0.05) is 12.4 Å². The van der Waals surface area contributed by atoms with Gasteiger partial charge in [-0.2, -0.15) is 5.10 Å². The van der Waals surface area contributed by atoms with Crippen LogP contribution in [0.15, 0.2) is 53.8 Å². The third-order valence-electron chi connectivity index (χ3n) is 5.80. The normalized spacial score (nSPS) is 18.0. The highest BCUT2D eigenvalue weighted by molar-refractivity contribution is 7.92. The minimum absolute atomic E-state index is 0.0107. The predicted molar refractivity (Wildman–Crippen MR) is 121 cm³/mol. The van der Waals surface area contributed by atoms with Crippen LogP contribution in [0, 0.1) is 0 Å². The van der Waals surface area contributed by atoms with E-state index in [2.05, 4.69) is 15.4 Å². The topological polar surface area (TPSA) is 103 Å². The highest BCUT2D eigenvalue weighted by atomic mass is 32.2. The minimum Gasteiger partial charge on any atom is -0.360 e. The molecule has 3 aromatic rings. The molecule has 1 aromatic carbocycles. The molecule has 1 amide bonds. The molecule has 1 N–H and O–H groups in total. The van der Waals surface area contributed by atoms with Crippen molar-refractivity contribution in [1.82, 2.24) is 14.8 Å². The van der Waals surface area contributed by atoms with E-state index < -0.39 is 15.9 Å². The summed E-state index contributed by atoms with van der Waals surface area (Å²) in [5.74, 6) is -0.323. The number of amides is 1. The molecule has 1 atom stereocenters. The summed E-state index contributed by atoms with van der Waals surface area (Å²) in [6.45, 7) is 0. The fourth-order valence-electron chi connectivity index (χ4n) is 3.91. The molecule has 2 saturated carbocycles. The zero-order valence-corrected chi connectivity index (χ0v) is 19.0. The van der Waals surface area contributed by atoms with Crippen LogP contribution >= 0.6 is 11.3 Å². The number of rotatable bonds is 8. The molecule has 0 radical (unpaired) electrons. The summed E-state index contributed by atoms with van der Waals surface area (Å²) < 4.78 is 32.9. The molecule has 2 aliphatic carbocycles. The zero-order chi connectivity index (χ0) is 22.1. The summed E-state index contributed by atoms with van der Waals surface area (Å²) in [5.41, 5.74) is 0.632. The van der Waals surface area contributed by atoms with Gasteiger partial charge in [0.05, 0.1) is 22.4 Å². The van der Waals surface area contributed by atoms with E-state index in [1.54, 1.807) is 41.3 Å². The van der Waals surface area contributed by atoms with E-state index in [4.69, 9.17) is 4.74 Å². The van der Waals surface area contributed by atoms with Gasteiger partial charge in [0.2, 0.25) is 0 Å².